The van der Waals surface area contributed by atoms with Crippen molar-refractivity contribution in [3.63, 3.8) is 0 Å². The number of anilines is 3. The molecule has 0 atom stereocenters. The molecule has 0 aliphatic heterocycles. The maximum Gasteiger partial charge on any atom is 0.136 e. The number of para-hydroxylation sites is 1. The van der Waals surface area contributed by atoms with Crippen molar-refractivity contribution in [3.05, 3.63) is 211 Å². The molecule has 0 N–H and O–H groups in total. The minimum atomic E-state index is -0.109. The molecule has 1 aromatic heterocycles. The molecule has 9 aromatic carbocycles. The van der Waals surface area contributed by atoms with Crippen LogP contribution in [0.5, 0.6) is 0 Å². The lowest BCUT2D eigenvalue weighted by molar-refractivity contribution is 0.660. The Hall–Kier alpha value is -7.16. The smallest absolute Gasteiger partial charge is 0.136 e. The van der Waals surface area contributed by atoms with Crippen molar-refractivity contribution < 1.29 is 4.42 Å². The van der Waals surface area contributed by atoms with E-state index in [2.05, 4.69) is 213 Å². The Bertz CT molecular complexity index is 3130. The van der Waals surface area contributed by atoms with Gasteiger partial charge in [-0.05, 0) is 109 Å². The third-order valence-corrected chi connectivity index (χ3v) is 12.1. The minimum absolute atomic E-state index is 0.109. The van der Waals surface area contributed by atoms with Gasteiger partial charge in [0.15, 0.2) is 0 Å². The zero-order valence-electron chi connectivity index (χ0n) is 31.9. The van der Waals surface area contributed by atoms with E-state index in [0.717, 1.165) is 44.6 Å². The minimum Gasteiger partial charge on any atom is -0.456 e. The van der Waals surface area contributed by atoms with Crippen molar-refractivity contribution >= 4 is 49.8 Å². The molecule has 1 heterocycles. The van der Waals surface area contributed by atoms with Gasteiger partial charge in [0.25, 0.3) is 0 Å². The second kappa shape index (κ2) is 13.0. The van der Waals surface area contributed by atoms with Crippen LogP contribution in [0.3, 0.4) is 0 Å². The molecule has 1 aliphatic rings. The fourth-order valence-corrected chi connectivity index (χ4v) is 9.28. The van der Waals surface area contributed by atoms with Crippen LogP contribution in [0.25, 0.3) is 77.2 Å². The highest BCUT2D eigenvalue weighted by Crippen LogP contribution is 2.51. The molecule has 2 heteroatoms. The second-order valence-electron chi connectivity index (χ2n) is 15.7. The summed E-state index contributed by atoms with van der Waals surface area (Å²) in [4.78, 5) is 2.40. The van der Waals surface area contributed by atoms with E-state index in [1.165, 1.54) is 60.8 Å². The normalized spacial score (nSPS) is 12.9. The highest BCUT2D eigenvalue weighted by molar-refractivity contribution is 6.18. The molecular weight excluding hydrogens is 691 g/mol. The van der Waals surface area contributed by atoms with Crippen molar-refractivity contribution in [1.82, 2.24) is 0 Å². The summed E-state index contributed by atoms with van der Waals surface area (Å²) in [7, 11) is 0. The quantitative estimate of drug-likeness (QED) is 0.169. The SMILES string of the molecule is CC1(C)c2ccccc2-c2ccc(N(c3ccc(-c4ccccc4)cc3)c3ccc(-c4ccc5oc6ccccc6c5c4-c4cccc5ccccc45)cc3)cc21. The predicted molar refractivity (Wildman–Crippen MR) is 240 cm³/mol. The Balaban J connectivity index is 1.08. The Morgan fingerprint density at radius 1 is 0.386 bits per heavy atom. The summed E-state index contributed by atoms with van der Waals surface area (Å²) in [5, 5.41) is 4.71. The molecular formula is C55H39NO. The Kier molecular flexibility index (Phi) is 7.55. The molecule has 10 aromatic rings. The van der Waals surface area contributed by atoms with Crippen molar-refractivity contribution in [2.45, 2.75) is 19.3 Å². The van der Waals surface area contributed by atoms with Gasteiger partial charge in [-0.1, -0.05) is 166 Å². The van der Waals surface area contributed by atoms with E-state index in [1.54, 1.807) is 0 Å². The molecule has 0 amide bonds. The highest BCUT2D eigenvalue weighted by Gasteiger charge is 2.35. The zero-order valence-corrected chi connectivity index (χ0v) is 31.9. The zero-order chi connectivity index (χ0) is 38.1. The predicted octanol–water partition coefficient (Wildman–Crippen LogP) is 15.5. The van der Waals surface area contributed by atoms with Crippen LogP contribution in [0.1, 0.15) is 25.0 Å². The van der Waals surface area contributed by atoms with Crippen molar-refractivity contribution in [1.29, 1.82) is 0 Å². The van der Waals surface area contributed by atoms with Crippen LogP contribution in [0.4, 0.5) is 17.1 Å². The second-order valence-corrected chi connectivity index (χ2v) is 15.7. The number of fused-ring (bicyclic) bond motifs is 7. The number of nitrogens with zero attached hydrogens (tertiary/aromatic N) is 1. The molecule has 0 bridgehead atoms. The maximum atomic E-state index is 6.46. The molecule has 0 saturated carbocycles. The van der Waals surface area contributed by atoms with Gasteiger partial charge < -0.3 is 9.32 Å². The molecule has 57 heavy (non-hydrogen) atoms. The van der Waals surface area contributed by atoms with Crippen molar-refractivity contribution in [3.8, 4) is 44.5 Å². The first-order valence-electron chi connectivity index (χ1n) is 19.8. The topological polar surface area (TPSA) is 16.4 Å². The van der Waals surface area contributed by atoms with Gasteiger partial charge in [-0.3, -0.25) is 0 Å². The third-order valence-electron chi connectivity index (χ3n) is 12.1. The van der Waals surface area contributed by atoms with E-state index < -0.39 is 0 Å². The van der Waals surface area contributed by atoms with Crippen molar-refractivity contribution in [2.75, 3.05) is 4.90 Å². The van der Waals surface area contributed by atoms with Crippen LogP contribution in [-0.4, -0.2) is 0 Å². The van der Waals surface area contributed by atoms with Crippen LogP contribution >= 0.6 is 0 Å². The van der Waals surface area contributed by atoms with Crippen LogP contribution in [-0.2, 0) is 5.41 Å². The molecule has 0 saturated heterocycles. The average molecular weight is 730 g/mol. The monoisotopic (exact) mass is 729 g/mol. The average Bonchev–Trinajstić information content (AvgIpc) is 3.76. The van der Waals surface area contributed by atoms with Gasteiger partial charge in [-0.15, -0.1) is 0 Å². The number of benzene rings is 9. The highest BCUT2D eigenvalue weighted by atomic mass is 16.3. The summed E-state index contributed by atoms with van der Waals surface area (Å²) in [5.41, 5.74) is 17.5. The molecule has 11 rings (SSSR count). The number of furan rings is 1. The Morgan fingerprint density at radius 3 is 1.77 bits per heavy atom. The summed E-state index contributed by atoms with van der Waals surface area (Å²) in [6.45, 7) is 4.70. The summed E-state index contributed by atoms with van der Waals surface area (Å²) < 4.78 is 6.46. The van der Waals surface area contributed by atoms with E-state index in [-0.39, 0.29) is 5.41 Å². The van der Waals surface area contributed by atoms with Crippen LogP contribution < -0.4 is 4.90 Å². The summed E-state index contributed by atoms with van der Waals surface area (Å²) in [6, 6.07) is 72.6. The van der Waals surface area contributed by atoms with Crippen LogP contribution in [0, 0.1) is 0 Å². The number of rotatable bonds is 6. The standard InChI is InChI=1S/C55H39NO/c1-55(2)49-21-10-8-18-45(49)46-32-31-42(35-50(46)55)56(40-27-23-37(24-28-40)36-13-4-3-5-14-36)41-29-25-39(26-30-41)44-33-34-52-54(48-19-9-11-22-51(48)57-52)53(44)47-20-12-16-38-15-6-7-17-43(38)47/h3-35H,1-2H3. The fraction of sp³-hybridized carbons (Fsp3) is 0.0545. The van der Waals surface area contributed by atoms with Gasteiger partial charge in [0.05, 0.1) is 0 Å². The van der Waals surface area contributed by atoms with Gasteiger partial charge in [0.1, 0.15) is 11.2 Å². The lowest BCUT2D eigenvalue weighted by atomic mass is 9.82. The summed E-state index contributed by atoms with van der Waals surface area (Å²) in [5.74, 6) is 0. The van der Waals surface area contributed by atoms with Gasteiger partial charge >= 0.3 is 0 Å². The van der Waals surface area contributed by atoms with E-state index in [9.17, 15) is 0 Å². The molecule has 1 aliphatic carbocycles. The molecule has 2 nitrogen and oxygen atoms in total. The first-order valence-corrected chi connectivity index (χ1v) is 19.8. The fourth-order valence-electron chi connectivity index (χ4n) is 9.28. The van der Waals surface area contributed by atoms with Crippen LogP contribution in [0.2, 0.25) is 0 Å². The largest absolute Gasteiger partial charge is 0.456 e. The van der Waals surface area contributed by atoms with Gasteiger partial charge in [0.2, 0.25) is 0 Å². The summed E-state index contributed by atoms with van der Waals surface area (Å²) >= 11 is 0. The number of hydrogen-bond donors (Lipinski definition) is 0. The van der Waals surface area contributed by atoms with E-state index in [1.807, 2.05) is 6.07 Å². The van der Waals surface area contributed by atoms with Gasteiger partial charge in [0, 0.05) is 38.8 Å². The lowest BCUT2D eigenvalue weighted by Crippen LogP contribution is -2.16. The van der Waals surface area contributed by atoms with E-state index >= 15 is 0 Å². The number of hydrogen-bond acceptors (Lipinski definition) is 2. The Labute approximate surface area is 332 Å². The van der Waals surface area contributed by atoms with Crippen LogP contribution in [0.15, 0.2) is 205 Å². The summed E-state index contributed by atoms with van der Waals surface area (Å²) in [6.07, 6.45) is 0. The first kappa shape index (κ1) is 33.2. The maximum absolute atomic E-state index is 6.46. The molecule has 0 radical (unpaired) electrons. The molecule has 0 fully saturated rings. The lowest BCUT2D eigenvalue weighted by Gasteiger charge is -2.28. The molecule has 0 spiro atoms. The third kappa shape index (κ3) is 5.33. The van der Waals surface area contributed by atoms with E-state index in [0.29, 0.717) is 0 Å². The Morgan fingerprint density at radius 2 is 0.965 bits per heavy atom. The van der Waals surface area contributed by atoms with Gasteiger partial charge in [-0.25, -0.2) is 0 Å². The molecule has 0 unspecified atom stereocenters. The van der Waals surface area contributed by atoms with E-state index in [4.69, 9.17) is 4.42 Å². The van der Waals surface area contributed by atoms with Gasteiger partial charge in [-0.2, -0.15) is 0 Å². The van der Waals surface area contributed by atoms with Crippen molar-refractivity contribution in [2.24, 2.45) is 0 Å². The molecule has 270 valence electrons. The first-order chi connectivity index (χ1) is 28.0.